The lowest BCUT2D eigenvalue weighted by Gasteiger charge is -2.39. The van der Waals surface area contributed by atoms with Crippen molar-refractivity contribution in [2.75, 3.05) is 18.4 Å². The summed E-state index contributed by atoms with van der Waals surface area (Å²) >= 11 is 0. The molecule has 1 atom stereocenters. The summed E-state index contributed by atoms with van der Waals surface area (Å²) in [6.45, 7) is 1.61. The third-order valence-electron chi connectivity index (χ3n) is 4.03. The number of likely N-dealkylation sites (tertiary alicyclic amines) is 1. The molecule has 0 unspecified atom stereocenters. The first kappa shape index (κ1) is 16.1. The molecule has 1 fully saturated rings. The maximum absolute atomic E-state index is 12.2. The van der Waals surface area contributed by atoms with E-state index in [1.807, 2.05) is 18.2 Å². The highest BCUT2D eigenvalue weighted by Gasteiger charge is 2.33. The highest BCUT2D eigenvalue weighted by Crippen LogP contribution is 2.20. The zero-order valence-electron chi connectivity index (χ0n) is 13.3. The van der Waals surface area contributed by atoms with Crippen LogP contribution in [-0.4, -0.2) is 40.8 Å². The Morgan fingerprint density at radius 1 is 1.17 bits per heavy atom. The summed E-state index contributed by atoms with van der Waals surface area (Å²) in [5.41, 5.74) is 1.80. The van der Waals surface area contributed by atoms with Gasteiger partial charge in [0.1, 0.15) is 0 Å². The van der Waals surface area contributed by atoms with E-state index < -0.39 is 0 Å². The van der Waals surface area contributed by atoms with Crippen molar-refractivity contribution in [3.05, 3.63) is 60.4 Å². The van der Waals surface area contributed by atoms with E-state index in [-0.39, 0.29) is 24.4 Å². The smallest absolute Gasteiger partial charge is 0.243 e. The first-order valence-corrected chi connectivity index (χ1v) is 7.98. The van der Waals surface area contributed by atoms with Crippen LogP contribution in [0.5, 0.6) is 0 Å². The average molecular weight is 324 g/mol. The summed E-state index contributed by atoms with van der Waals surface area (Å²) in [7, 11) is 0. The van der Waals surface area contributed by atoms with Crippen LogP contribution < -0.4 is 10.6 Å². The highest BCUT2D eigenvalue weighted by atomic mass is 16.2. The Morgan fingerprint density at radius 2 is 2.00 bits per heavy atom. The fourth-order valence-electron chi connectivity index (χ4n) is 2.67. The molecule has 0 spiro atoms. The molecule has 1 aromatic carbocycles. The van der Waals surface area contributed by atoms with Gasteiger partial charge in [-0.1, -0.05) is 30.3 Å². The molecule has 1 saturated heterocycles. The van der Waals surface area contributed by atoms with E-state index in [1.54, 1.807) is 24.5 Å². The second-order valence-electron chi connectivity index (χ2n) is 5.77. The number of hydrogen-bond donors (Lipinski definition) is 2. The number of amides is 2. The SMILES string of the molecule is O=C(CNC(=O)[C@H]1CCN1Cc1ccccc1)Nc1cccnc1. The highest BCUT2D eigenvalue weighted by molar-refractivity contribution is 5.95. The molecule has 2 aromatic rings. The normalized spacial score (nSPS) is 16.9. The first-order valence-electron chi connectivity index (χ1n) is 7.98. The molecule has 6 nitrogen and oxygen atoms in total. The Balaban J connectivity index is 1.44. The van der Waals surface area contributed by atoms with Crippen molar-refractivity contribution in [2.24, 2.45) is 0 Å². The number of anilines is 1. The minimum Gasteiger partial charge on any atom is -0.346 e. The van der Waals surface area contributed by atoms with Crippen molar-refractivity contribution in [2.45, 2.75) is 19.0 Å². The molecule has 0 bridgehead atoms. The molecule has 1 aliphatic heterocycles. The topological polar surface area (TPSA) is 74.3 Å². The van der Waals surface area contributed by atoms with Gasteiger partial charge >= 0.3 is 0 Å². The lowest BCUT2D eigenvalue weighted by atomic mass is 10.0. The van der Waals surface area contributed by atoms with Crippen LogP contribution in [0.15, 0.2) is 54.9 Å². The zero-order chi connectivity index (χ0) is 16.8. The number of rotatable bonds is 6. The lowest BCUT2D eigenvalue weighted by molar-refractivity contribution is -0.132. The van der Waals surface area contributed by atoms with Gasteiger partial charge in [0.05, 0.1) is 24.5 Å². The molecule has 2 N–H and O–H groups in total. The summed E-state index contributed by atoms with van der Waals surface area (Å²) in [4.78, 5) is 30.1. The maximum Gasteiger partial charge on any atom is 0.243 e. The van der Waals surface area contributed by atoms with E-state index in [1.165, 1.54) is 5.56 Å². The van der Waals surface area contributed by atoms with E-state index in [4.69, 9.17) is 0 Å². The van der Waals surface area contributed by atoms with Gasteiger partial charge in [-0.05, 0) is 24.1 Å². The van der Waals surface area contributed by atoms with E-state index in [0.717, 1.165) is 19.5 Å². The molecule has 0 saturated carbocycles. The maximum atomic E-state index is 12.2. The number of aromatic nitrogens is 1. The van der Waals surface area contributed by atoms with Crippen LogP contribution in [0.2, 0.25) is 0 Å². The van der Waals surface area contributed by atoms with Gasteiger partial charge in [-0.25, -0.2) is 0 Å². The number of carbonyl (C=O) groups is 2. The fourth-order valence-corrected chi connectivity index (χ4v) is 2.67. The molecule has 1 aromatic heterocycles. The van der Waals surface area contributed by atoms with Gasteiger partial charge in [0.15, 0.2) is 0 Å². The quantitative estimate of drug-likeness (QED) is 0.842. The van der Waals surface area contributed by atoms with Crippen molar-refractivity contribution in [1.29, 1.82) is 0 Å². The number of hydrogen-bond acceptors (Lipinski definition) is 4. The van der Waals surface area contributed by atoms with Crippen LogP contribution in [0.1, 0.15) is 12.0 Å². The molecule has 3 rings (SSSR count). The van der Waals surface area contributed by atoms with E-state index in [2.05, 4.69) is 32.7 Å². The molecule has 24 heavy (non-hydrogen) atoms. The van der Waals surface area contributed by atoms with Crippen LogP contribution in [0.3, 0.4) is 0 Å². The molecule has 124 valence electrons. The van der Waals surface area contributed by atoms with Gasteiger partial charge in [0.25, 0.3) is 0 Å². The van der Waals surface area contributed by atoms with Crippen molar-refractivity contribution in [3.63, 3.8) is 0 Å². The van der Waals surface area contributed by atoms with Crippen LogP contribution in [0.25, 0.3) is 0 Å². The Hall–Kier alpha value is -2.73. The van der Waals surface area contributed by atoms with E-state index >= 15 is 0 Å². The fraction of sp³-hybridized carbons (Fsp3) is 0.278. The second kappa shape index (κ2) is 7.70. The Bertz CT molecular complexity index is 691. The largest absolute Gasteiger partial charge is 0.346 e. The van der Waals surface area contributed by atoms with Crippen LogP contribution in [0.4, 0.5) is 5.69 Å². The summed E-state index contributed by atoms with van der Waals surface area (Å²) in [5, 5.41) is 5.40. The monoisotopic (exact) mass is 324 g/mol. The van der Waals surface area contributed by atoms with E-state index in [0.29, 0.717) is 5.69 Å². The van der Waals surface area contributed by atoms with Crippen molar-refractivity contribution < 1.29 is 9.59 Å². The number of carbonyl (C=O) groups excluding carboxylic acids is 2. The number of nitrogens with one attached hydrogen (secondary N) is 2. The molecule has 2 heterocycles. The summed E-state index contributed by atoms with van der Waals surface area (Å²) in [6, 6.07) is 13.4. The average Bonchev–Trinajstić information content (AvgIpc) is 2.59. The minimum atomic E-state index is -0.259. The molecule has 0 radical (unpaired) electrons. The zero-order valence-corrected chi connectivity index (χ0v) is 13.3. The molecular formula is C18H20N4O2. The van der Waals surface area contributed by atoms with Crippen molar-refractivity contribution >= 4 is 17.5 Å². The van der Waals surface area contributed by atoms with Gasteiger partial charge < -0.3 is 10.6 Å². The predicted octanol–water partition coefficient (Wildman–Crippen LogP) is 1.41. The predicted molar refractivity (Wildman–Crippen MR) is 91.1 cm³/mol. The number of benzene rings is 1. The third-order valence-corrected chi connectivity index (χ3v) is 4.03. The summed E-state index contributed by atoms with van der Waals surface area (Å²) < 4.78 is 0. The van der Waals surface area contributed by atoms with Crippen LogP contribution in [0, 0.1) is 0 Å². The van der Waals surface area contributed by atoms with Crippen LogP contribution >= 0.6 is 0 Å². The molecule has 2 amide bonds. The summed E-state index contributed by atoms with van der Waals surface area (Å²) in [6.07, 6.45) is 4.02. The Labute approximate surface area is 140 Å². The second-order valence-corrected chi connectivity index (χ2v) is 5.77. The first-order chi connectivity index (χ1) is 11.7. The molecule has 6 heteroatoms. The van der Waals surface area contributed by atoms with Crippen LogP contribution in [-0.2, 0) is 16.1 Å². The molecular weight excluding hydrogens is 304 g/mol. The number of nitrogens with zero attached hydrogens (tertiary/aromatic N) is 2. The van der Waals surface area contributed by atoms with E-state index in [9.17, 15) is 9.59 Å². The standard InChI is InChI=1S/C18H20N4O2/c23-17(21-15-7-4-9-19-11-15)12-20-18(24)16-8-10-22(16)13-14-5-2-1-3-6-14/h1-7,9,11,16H,8,10,12-13H2,(H,20,24)(H,21,23)/t16-/m1/s1. The lowest BCUT2D eigenvalue weighted by Crippen LogP contribution is -2.56. The van der Waals surface area contributed by atoms with Gasteiger partial charge in [-0.2, -0.15) is 0 Å². The van der Waals surface area contributed by atoms with Gasteiger partial charge in [-0.3, -0.25) is 19.5 Å². The van der Waals surface area contributed by atoms with Gasteiger partial charge in [0.2, 0.25) is 11.8 Å². The van der Waals surface area contributed by atoms with Gasteiger partial charge in [0, 0.05) is 19.3 Å². The van der Waals surface area contributed by atoms with Crippen molar-refractivity contribution in [1.82, 2.24) is 15.2 Å². The Morgan fingerprint density at radius 3 is 2.67 bits per heavy atom. The third kappa shape index (κ3) is 4.17. The minimum absolute atomic E-state index is 0.0383. The number of pyridine rings is 1. The van der Waals surface area contributed by atoms with Crippen molar-refractivity contribution in [3.8, 4) is 0 Å². The molecule has 0 aliphatic carbocycles. The Kier molecular flexibility index (Phi) is 5.18. The summed E-state index contributed by atoms with van der Waals surface area (Å²) in [5.74, 6) is -0.358. The molecule has 1 aliphatic rings. The van der Waals surface area contributed by atoms with Gasteiger partial charge in [-0.15, -0.1) is 0 Å².